The number of nitrogens with zero attached hydrogens (tertiary/aromatic N) is 2. The lowest BCUT2D eigenvalue weighted by atomic mass is 10.2. The Morgan fingerprint density at radius 2 is 2.11 bits per heavy atom. The van der Waals surface area contributed by atoms with Gasteiger partial charge in [-0.25, -0.2) is 0 Å². The van der Waals surface area contributed by atoms with Gasteiger partial charge in [-0.2, -0.15) is 16.9 Å². The highest BCUT2D eigenvalue weighted by Gasteiger charge is 1.99. The smallest absolute Gasteiger partial charge is 0.0726 e. The molecule has 2 aromatic rings. The predicted octanol–water partition coefficient (Wildman–Crippen LogP) is 3.49. The third-order valence-corrected chi connectivity index (χ3v) is 3.80. The molecular formula is C15H21N3S. The van der Waals surface area contributed by atoms with E-state index >= 15 is 0 Å². The zero-order valence-electron chi connectivity index (χ0n) is 11.4. The molecule has 1 heterocycles. The summed E-state index contributed by atoms with van der Waals surface area (Å²) in [6.45, 7) is 4.05. The Labute approximate surface area is 119 Å². The van der Waals surface area contributed by atoms with Crippen molar-refractivity contribution in [2.75, 3.05) is 23.4 Å². The highest BCUT2D eigenvalue weighted by Crippen LogP contribution is 2.08. The Balaban J connectivity index is 1.76. The molecule has 0 bridgehead atoms. The molecule has 0 aliphatic heterocycles. The first-order valence-corrected chi connectivity index (χ1v) is 7.92. The van der Waals surface area contributed by atoms with Gasteiger partial charge in [0.1, 0.15) is 0 Å². The number of anilines is 1. The molecule has 0 saturated heterocycles. The van der Waals surface area contributed by atoms with Gasteiger partial charge in [-0.05, 0) is 23.5 Å². The molecule has 1 N–H and O–H groups in total. The van der Waals surface area contributed by atoms with Crippen molar-refractivity contribution in [3.63, 3.8) is 0 Å². The minimum absolute atomic E-state index is 0.828. The zero-order valence-corrected chi connectivity index (χ0v) is 12.2. The Morgan fingerprint density at radius 3 is 2.89 bits per heavy atom. The second-order valence-corrected chi connectivity index (χ2v) is 5.78. The molecule has 0 aliphatic carbocycles. The van der Waals surface area contributed by atoms with E-state index in [4.69, 9.17) is 0 Å². The second kappa shape index (κ2) is 7.89. The average molecular weight is 275 g/mol. The van der Waals surface area contributed by atoms with Crippen molar-refractivity contribution in [2.24, 2.45) is 0 Å². The summed E-state index contributed by atoms with van der Waals surface area (Å²) in [4.78, 5) is 0. The van der Waals surface area contributed by atoms with Gasteiger partial charge in [-0.1, -0.05) is 37.3 Å². The van der Waals surface area contributed by atoms with E-state index in [1.807, 2.05) is 28.7 Å². The molecule has 1 aromatic carbocycles. The maximum Gasteiger partial charge on any atom is 0.0726 e. The summed E-state index contributed by atoms with van der Waals surface area (Å²) in [5, 5.41) is 7.79. The van der Waals surface area contributed by atoms with Crippen LogP contribution in [-0.2, 0) is 6.54 Å². The summed E-state index contributed by atoms with van der Waals surface area (Å²) in [6, 6.07) is 10.4. The molecule has 0 atom stereocenters. The van der Waals surface area contributed by atoms with Crippen molar-refractivity contribution in [3.05, 3.63) is 48.3 Å². The van der Waals surface area contributed by atoms with E-state index < -0.39 is 0 Å². The lowest BCUT2D eigenvalue weighted by Gasteiger charge is -2.03. The number of rotatable bonds is 8. The molecule has 3 nitrogen and oxygen atoms in total. The van der Waals surface area contributed by atoms with Crippen molar-refractivity contribution in [1.82, 2.24) is 9.78 Å². The van der Waals surface area contributed by atoms with E-state index in [0.29, 0.717) is 0 Å². The van der Waals surface area contributed by atoms with Gasteiger partial charge in [-0.3, -0.25) is 4.68 Å². The summed E-state index contributed by atoms with van der Waals surface area (Å²) in [5.74, 6) is 2.43. The van der Waals surface area contributed by atoms with Gasteiger partial charge < -0.3 is 5.32 Å². The first-order valence-electron chi connectivity index (χ1n) is 6.76. The van der Waals surface area contributed by atoms with E-state index in [1.54, 1.807) is 0 Å². The molecule has 0 radical (unpaired) electrons. The lowest BCUT2D eigenvalue weighted by Crippen LogP contribution is -2.02. The summed E-state index contributed by atoms with van der Waals surface area (Å²) >= 11 is 1.99. The molecular weight excluding hydrogens is 254 g/mol. The Bertz CT molecular complexity index is 467. The number of nitrogens with one attached hydrogen (secondary N) is 1. The monoisotopic (exact) mass is 275 g/mol. The Kier molecular flexibility index (Phi) is 5.82. The molecule has 0 saturated carbocycles. The predicted molar refractivity (Wildman–Crippen MR) is 83.9 cm³/mol. The molecule has 0 amide bonds. The van der Waals surface area contributed by atoms with Crippen LogP contribution in [0.1, 0.15) is 18.9 Å². The highest BCUT2D eigenvalue weighted by molar-refractivity contribution is 7.99. The molecule has 2 rings (SSSR count). The van der Waals surface area contributed by atoms with Crippen molar-refractivity contribution in [1.29, 1.82) is 0 Å². The van der Waals surface area contributed by atoms with Crippen LogP contribution in [0.5, 0.6) is 0 Å². The molecule has 19 heavy (non-hydrogen) atoms. The summed E-state index contributed by atoms with van der Waals surface area (Å²) in [6.07, 6.45) is 5.16. The second-order valence-electron chi connectivity index (χ2n) is 4.39. The van der Waals surface area contributed by atoms with E-state index in [9.17, 15) is 0 Å². The molecule has 0 spiro atoms. The van der Waals surface area contributed by atoms with E-state index in [0.717, 1.165) is 18.8 Å². The largest absolute Gasteiger partial charge is 0.382 e. The third-order valence-electron chi connectivity index (χ3n) is 2.82. The number of hydrogen-bond donors (Lipinski definition) is 1. The minimum atomic E-state index is 0.828. The van der Waals surface area contributed by atoms with Crippen LogP contribution in [0.4, 0.5) is 5.69 Å². The number of benzene rings is 1. The standard InChI is InChI=1S/C15H21N3S/c1-2-19-10-6-9-16-15-11-17-18(13-15)12-14-7-4-3-5-8-14/h3-5,7-8,11,13,16H,2,6,9-10,12H2,1H3. The summed E-state index contributed by atoms with van der Waals surface area (Å²) < 4.78 is 1.97. The quantitative estimate of drug-likeness (QED) is 0.748. The van der Waals surface area contributed by atoms with Gasteiger partial charge in [0.2, 0.25) is 0 Å². The number of thioether (sulfide) groups is 1. The highest BCUT2D eigenvalue weighted by atomic mass is 32.2. The maximum atomic E-state index is 4.38. The van der Waals surface area contributed by atoms with Crippen LogP contribution in [0.2, 0.25) is 0 Å². The fraction of sp³-hybridized carbons (Fsp3) is 0.400. The topological polar surface area (TPSA) is 29.9 Å². The van der Waals surface area contributed by atoms with Gasteiger partial charge in [0, 0.05) is 12.7 Å². The van der Waals surface area contributed by atoms with Crippen molar-refractivity contribution >= 4 is 17.4 Å². The van der Waals surface area contributed by atoms with E-state index in [1.165, 1.54) is 23.5 Å². The normalized spacial score (nSPS) is 10.6. The molecule has 1 aromatic heterocycles. The van der Waals surface area contributed by atoms with Gasteiger partial charge in [0.05, 0.1) is 18.4 Å². The first kappa shape index (κ1) is 14.0. The van der Waals surface area contributed by atoms with Crippen molar-refractivity contribution in [2.45, 2.75) is 19.9 Å². The fourth-order valence-corrected chi connectivity index (χ4v) is 2.50. The van der Waals surface area contributed by atoms with Crippen LogP contribution in [0.15, 0.2) is 42.7 Å². The van der Waals surface area contributed by atoms with Crippen LogP contribution < -0.4 is 5.32 Å². The van der Waals surface area contributed by atoms with Gasteiger partial charge in [0.15, 0.2) is 0 Å². The van der Waals surface area contributed by atoms with Gasteiger partial charge in [0.25, 0.3) is 0 Å². The number of aromatic nitrogens is 2. The first-order chi connectivity index (χ1) is 9.38. The molecule has 102 valence electrons. The van der Waals surface area contributed by atoms with E-state index in [-0.39, 0.29) is 0 Å². The van der Waals surface area contributed by atoms with Crippen molar-refractivity contribution in [3.8, 4) is 0 Å². The fourth-order valence-electron chi connectivity index (χ4n) is 1.86. The molecule has 0 unspecified atom stereocenters. The summed E-state index contributed by atoms with van der Waals surface area (Å²) in [7, 11) is 0. The maximum absolute atomic E-state index is 4.38. The van der Waals surface area contributed by atoms with Crippen LogP contribution in [0.3, 0.4) is 0 Å². The molecule has 0 fully saturated rings. The lowest BCUT2D eigenvalue weighted by molar-refractivity contribution is 0.687. The summed E-state index contributed by atoms with van der Waals surface area (Å²) in [5.41, 5.74) is 2.38. The zero-order chi connectivity index (χ0) is 13.3. The van der Waals surface area contributed by atoms with Crippen LogP contribution in [0.25, 0.3) is 0 Å². The van der Waals surface area contributed by atoms with E-state index in [2.05, 4.69) is 47.8 Å². The van der Waals surface area contributed by atoms with Crippen LogP contribution >= 0.6 is 11.8 Å². The van der Waals surface area contributed by atoms with Gasteiger partial charge in [-0.15, -0.1) is 0 Å². The molecule has 4 heteroatoms. The molecule has 0 aliphatic rings. The average Bonchev–Trinajstić information content (AvgIpc) is 2.87. The van der Waals surface area contributed by atoms with Crippen molar-refractivity contribution < 1.29 is 0 Å². The van der Waals surface area contributed by atoms with Gasteiger partial charge >= 0.3 is 0 Å². The Hall–Kier alpha value is -1.42. The van der Waals surface area contributed by atoms with Crippen LogP contribution in [-0.4, -0.2) is 27.8 Å². The SMILES string of the molecule is CCSCCCNc1cnn(Cc2ccccc2)c1. The third kappa shape index (κ3) is 4.99. The van der Waals surface area contributed by atoms with Crippen LogP contribution in [0, 0.1) is 0 Å². The Morgan fingerprint density at radius 1 is 1.26 bits per heavy atom. The number of hydrogen-bond acceptors (Lipinski definition) is 3. The minimum Gasteiger partial charge on any atom is -0.382 e.